The zero-order valence-electron chi connectivity index (χ0n) is 12.8. The standard InChI is InChI=1S/C9H17NO2/c1-9(2)6-7(4-3-5-11)8(12)10-9/h7,11H,3-6H2,1-2H3,(H,10,12)/t7-/m0/s1/i1D3,2D3. The third kappa shape index (κ3) is 2.21. The molecule has 1 aliphatic heterocycles. The minimum absolute atomic E-state index is 0.113. The van der Waals surface area contributed by atoms with Gasteiger partial charge in [-0.15, -0.1) is 0 Å². The van der Waals surface area contributed by atoms with Crippen LogP contribution in [0.5, 0.6) is 0 Å². The third-order valence-corrected chi connectivity index (χ3v) is 1.97. The van der Waals surface area contributed by atoms with Crippen molar-refractivity contribution < 1.29 is 18.1 Å². The Balaban J connectivity index is 3.01. The number of hydrogen-bond donors (Lipinski definition) is 2. The van der Waals surface area contributed by atoms with Gasteiger partial charge in [0, 0.05) is 26.3 Å². The molecule has 1 saturated heterocycles. The van der Waals surface area contributed by atoms with Gasteiger partial charge >= 0.3 is 0 Å². The molecule has 2 N–H and O–H groups in total. The van der Waals surface area contributed by atoms with Crippen molar-refractivity contribution in [1.29, 1.82) is 0 Å². The van der Waals surface area contributed by atoms with Crippen molar-refractivity contribution in [3.8, 4) is 0 Å². The van der Waals surface area contributed by atoms with E-state index in [0.717, 1.165) is 0 Å². The molecular formula is C9H17NO2. The Morgan fingerprint density at radius 3 is 3.08 bits per heavy atom. The molecule has 0 bridgehead atoms. The summed E-state index contributed by atoms with van der Waals surface area (Å²) < 4.78 is 44.4. The molecule has 0 aliphatic carbocycles. The van der Waals surface area contributed by atoms with E-state index in [1.54, 1.807) is 0 Å². The van der Waals surface area contributed by atoms with Crippen molar-refractivity contribution in [3.63, 3.8) is 0 Å². The molecular weight excluding hydrogens is 154 g/mol. The van der Waals surface area contributed by atoms with E-state index in [4.69, 9.17) is 13.3 Å². The molecule has 1 aliphatic rings. The van der Waals surface area contributed by atoms with Gasteiger partial charge in [0.05, 0.1) is 0 Å². The summed E-state index contributed by atoms with van der Waals surface area (Å²) in [7, 11) is 0. The van der Waals surface area contributed by atoms with Gasteiger partial charge in [0.15, 0.2) is 0 Å². The average molecular weight is 177 g/mol. The molecule has 1 rings (SSSR count). The van der Waals surface area contributed by atoms with Crippen LogP contribution in [0.25, 0.3) is 0 Å². The molecule has 3 nitrogen and oxygen atoms in total. The van der Waals surface area contributed by atoms with E-state index in [1.165, 1.54) is 0 Å². The van der Waals surface area contributed by atoms with Crippen molar-refractivity contribution in [3.05, 3.63) is 0 Å². The lowest BCUT2D eigenvalue weighted by atomic mass is 9.93. The first-order valence-electron chi connectivity index (χ1n) is 6.98. The molecule has 0 radical (unpaired) electrons. The number of nitrogens with one attached hydrogen (secondary N) is 1. The summed E-state index contributed by atoms with van der Waals surface area (Å²) in [6.45, 7) is -5.69. The molecule has 0 spiro atoms. The number of carbonyl (C=O) groups excluding carboxylic acids is 1. The summed E-state index contributed by atoms with van der Waals surface area (Å²) in [5, 5.41) is 10.9. The number of aliphatic hydroxyl groups excluding tert-OH is 1. The predicted octanol–water partition coefficient (Wildman–Crippen LogP) is 0.674. The van der Waals surface area contributed by atoms with Gasteiger partial charge in [-0.3, -0.25) is 4.79 Å². The van der Waals surface area contributed by atoms with E-state index in [1.807, 2.05) is 0 Å². The average Bonchev–Trinajstić information content (AvgIpc) is 2.52. The number of rotatable bonds is 3. The molecule has 1 atom stereocenters. The zero-order valence-corrected chi connectivity index (χ0v) is 6.76. The second-order valence-corrected chi connectivity index (χ2v) is 3.16. The van der Waals surface area contributed by atoms with Gasteiger partial charge in [-0.25, -0.2) is 0 Å². The lowest BCUT2D eigenvalue weighted by molar-refractivity contribution is -0.123. The van der Waals surface area contributed by atoms with Gasteiger partial charge in [0.2, 0.25) is 5.91 Å². The lowest BCUT2D eigenvalue weighted by Gasteiger charge is -2.16. The minimum Gasteiger partial charge on any atom is -0.396 e. The molecule has 0 aromatic rings. The van der Waals surface area contributed by atoms with E-state index in [2.05, 4.69) is 5.32 Å². The van der Waals surface area contributed by atoms with Crippen LogP contribution in [0.3, 0.4) is 0 Å². The van der Waals surface area contributed by atoms with Crippen molar-refractivity contribution in [2.75, 3.05) is 6.61 Å². The van der Waals surface area contributed by atoms with Gasteiger partial charge in [-0.1, -0.05) is 0 Å². The maximum absolute atomic E-state index is 11.7. The van der Waals surface area contributed by atoms with Crippen LogP contribution < -0.4 is 5.32 Å². The fourth-order valence-electron chi connectivity index (χ4n) is 1.40. The fraction of sp³-hybridized carbons (Fsp3) is 0.889. The van der Waals surface area contributed by atoms with Crippen molar-refractivity contribution >= 4 is 5.91 Å². The predicted molar refractivity (Wildman–Crippen MR) is 46.6 cm³/mol. The van der Waals surface area contributed by atoms with E-state index in [-0.39, 0.29) is 19.4 Å². The van der Waals surface area contributed by atoms with Gasteiger partial charge in [0.1, 0.15) is 0 Å². The first-order chi connectivity index (χ1) is 8.05. The smallest absolute Gasteiger partial charge is 0.223 e. The normalized spacial score (nSPS) is 36.8. The monoisotopic (exact) mass is 177 g/mol. The topological polar surface area (TPSA) is 49.3 Å². The molecule has 3 heteroatoms. The maximum atomic E-state index is 11.7. The van der Waals surface area contributed by atoms with Crippen molar-refractivity contribution in [2.24, 2.45) is 5.92 Å². The lowest BCUT2D eigenvalue weighted by Crippen LogP contribution is -2.34. The molecule has 1 heterocycles. The van der Waals surface area contributed by atoms with Gasteiger partial charge in [0.25, 0.3) is 0 Å². The first-order valence-corrected chi connectivity index (χ1v) is 3.98. The molecule has 0 aromatic heterocycles. The van der Waals surface area contributed by atoms with E-state index in [9.17, 15) is 4.79 Å². The number of amides is 1. The highest BCUT2D eigenvalue weighted by Gasteiger charge is 2.36. The summed E-state index contributed by atoms with van der Waals surface area (Å²) in [4.78, 5) is 11.7. The molecule has 70 valence electrons. The van der Waals surface area contributed by atoms with Crippen molar-refractivity contribution in [1.82, 2.24) is 5.32 Å². The van der Waals surface area contributed by atoms with E-state index in [0.29, 0.717) is 6.42 Å². The van der Waals surface area contributed by atoms with E-state index >= 15 is 0 Å². The Hall–Kier alpha value is -0.570. The SMILES string of the molecule is [2H]C([2H])([2H])C1(C([2H])([2H])[2H])C[C@H](CCCO)C(=O)N1. The highest BCUT2D eigenvalue weighted by Crippen LogP contribution is 2.27. The first kappa shape index (κ1) is 4.09. The van der Waals surface area contributed by atoms with Crippen LogP contribution in [0, 0.1) is 5.92 Å². The summed E-state index contributed by atoms with van der Waals surface area (Å²) in [5.74, 6) is -1.23. The second kappa shape index (κ2) is 3.44. The van der Waals surface area contributed by atoms with Gasteiger partial charge in [-0.05, 0) is 33.0 Å². The highest BCUT2D eigenvalue weighted by atomic mass is 16.3. The Kier molecular flexibility index (Phi) is 1.17. The Labute approximate surface area is 81.6 Å². The molecule has 12 heavy (non-hydrogen) atoms. The van der Waals surface area contributed by atoms with Gasteiger partial charge < -0.3 is 10.4 Å². The number of carbonyl (C=O) groups is 1. The molecule has 0 aromatic carbocycles. The Morgan fingerprint density at radius 1 is 1.83 bits per heavy atom. The number of aliphatic hydroxyl groups is 1. The molecule has 0 unspecified atom stereocenters. The summed E-state index contributed by atoms with van der Waals surface area (Å²) in [5.41, 5.74) is -2.17. The quantitative estimate of drug-likeness (QED) is 0.666. The van der Waals surface area contributed by atoms with Crippen LogP contribution in [-0.2, 0) is 4.79 Å². The van der Waals surface area contributed by atoms with Crippen LogP contribution in [0.4, 0.5) is 0 Å². The third-order valence-electron chi connectivity index (χ3n) is 1.97. The van der Waals surface area contributed by atoms with Crippen LogP contribution in [0.1, 0.15) is 41.2 Å². The van der Waals surface area contributed by atoms with Crippen LogP contribution in [-0.4, -0.2) is 23.2 Å². The van der Waals surface area contributed by atoms with E-state index < -0.39 is 31.1 Å². The number of hydrogen-bond acceptors (Lipinski definition) is 2. The Bertz CT molecular complexity index is 310. The molecule has 0 saturated carbocycles. The largest absolute Gasteiger partial charge is 0.396 e. The van der Waals surface area contributed by atoms with Crippen molar-refractivity contribution in [2.45, 2.75) is 38.5 Å². The van der Waals surface area contributed by atoms with Gasteiger partial charge in [-0.2, -0.15) is 0 Å². The van der Waals surface area contributed by atoms with Crippen LogP contribution in [0.2, 0.25) is 0 Å². The maximum Gasteiger partial charge on any atom is 0.223 e. The Morgan fingerprint density at radius 2 is 2.58 bits per heavy atom. The fourth-order valence-corrected chi connectivity index (χ4v) is 1.40. The highest BCUT2D eigenvalue weighted by molar-refractivity contribution is 5.81. The van der Waals surface area contributed by atoms with Crippen LogP contribution >= 0.6 is 0 Å². The molecule has 1 amide bonds. The second-order valence-electron chi connectivity index (χ2n) is 3.16. The summed E-state index contributed by atoms with van der Waals surface area (Å²) in [6, 6.07) is 0. The summed E-state index contributed by atoms with van der Waals surface area (Å²) in [6.07, 6.45) is 0.380. The molecule has 1 fully saturated rings. The minimum atomic E-state index is -2.79. The summed E-state index contributed by atoms with van der Waals surface area (Å²) >= 11 is 0. The van der Waals surface area contributed by atoms with Crippen LogP contribution in [0.15, 0.2) is 0 Å². The zero-order chi connectivity index (χ0) is 14.2.